The molecule has 0 aliphatic carbocycles. The maximum absolute atomic E-state index is 12.5. The minimum absolute atomic E-state index is 0.128. The molecule has 2 N–H and O–H groups in total. The summed E-state index contributed by atoms with van der Waals surface area (Å²) in [6, 6.07) is 11.2. The second-order valence-corrected chi connectivity index (χ2v) is 7.79. The molecule has 1 aromatic heterocycles. The fraction of sp³-hybridized carbons (Fsp3) is 0.480. The lowest BCUT2D eigenvalue weighted by molar-refractivity contribution is -0.149. The van der Waals surface area contributed by atoms with Crippen LogP contribution in [0, 0.1) is 0 Å². The number of hydrogen-bond acceptors (Lipinski definition) is 4. The molecule has 0 bridgehead atoms. The van der Waals surface area contributed by atoms with E-state index in [0.717, 1.165) is 35.3 Å². The molecule has 0 saturated carbocycles. The van der Waals surface area contributed by atoms with E-state index in [2.05, 4.69) is 17.2 Å². The smallest absolute Gasteiger partial charge is 0.333 e. The molecule has 1 atom stereocenters. The molecule has 2 rings (SSSR count). The van der Waals surface area contributed by atoms with E-state index < -0.39 is 12.1 Å². The number of carbonyl (C=O) groups excluding carboxylic acids is 1. The van der Waals surface area contributed by atoms with Gasteiger partial charge in [0, 0.05) is 44.1 Å². The predicted octanol–water partition coefficient (Wildman–Crippen LogP) is 4.90. The number of amides is 2. The van der Waals surface area contributed by atoms with Crippen LogP contribution < -0.4 is 10.2 Å². The number of aliphatic carboxylic acids is 1. The van der Waals surface area contributed by atoms with Gasteiger partial charge in [-0.2, -0.15) is 0 Å². The Balaban J connectivity index is 1.98. The summed E-state index contributed by atoms with van der Waals surface area (Å²) in [5, 5.41) is 12.2. The van der Waals surface area contributed by atoms with Crippen LogP contribution in [0.1, 0.15) is 51.5 Å². The number of urea groups is 1. The number of nitrogens with zero attached hydrogens (tertiary/aromatic N) is 2. The molecule has 7 heteroatoms. The first-order valence-electron chi connectivity index (χ1n) is 11.4. The molecule has 0 saturated heterocycles. The zero-order valence-corrected chi connectivity index (χ0v) is 19.3. The number of unbranched alkanes of at least 4 members (excludes halogenated alkanes) is 4. The number of anilines is 1. The molecule has 0 fully saturated rings. The highest BCUT2D eigenvalue weighted by atomic mass is 16.5. The molecule has 0 unspecified atom stereocenters. The number of carbonyl (C=O) groups is 2. The molecular formula is C25H35N3O4. The first-order chi connectivity index (χ1) is 15.5. The number of ether oxygens (including phenoxy) is 1. The molecule has 0 radical (unpaired) electrons. The standard InChI is InChI=1S/C25H35N3O4/c1-4-6-7-8-9-15-26-25(31)28(3)21-12-10-11-20(17-21)22-14-13-19(18-27-22)16-23(24(29)30)32-5-2/h10-14,17-18,23H,4-9,15-16H2,1-3H3,(H,26,31)(H,29,30)/t23-/m0/s1. The van der Waals surface area contributed by atoms with Crippen LogP contribution in [0.15, 0.2) is 42.6 Å². The molecule has 0 aliphatic rings. The van der Waals surface area contributed by atoms with E-state index in [9.17, 15) is 14.7 Å². The van der Waals surface area contributed by atoms with E-state index in [4.69, 9.17) is 4.74 Å². The van der Waals surface area contributed by atoms with Crippen molar-refractivity contribution in [3.05, 3.63) is 48.2 Å². The number of pyridine rings is 1. The van der Waals surface area contributed by atoms with Crippen LogP contribution in [0.4, 0.5) is 10.5 Å². The highest BCUT2D eigenvalue weighted by Gasteiger charge is 2.18. The van der Waals surface area contributed by atoms with Gasteiger partial charge in [-0.1, -0.05) is 50.8 Å². The molecule has 1 aromatic carbocycles. The van der Waals surface area contributed by atoms with Crippen molar-refractivity contribution < 1.29 is 19.4 Å². The van der Waals surface area contributed by atoms with Gasteiger partial charge in [-0.3, -0.25) is 9.88 Å². The van der Waals surface area contributed by atoms with Crippen molar-refractivity contribution in [2.24, 2.45) is 0 Å². The third-order valence-electron chi connectivity index (χ3n) is 5.28. The first-order valence-corrected chi connectivity index (χ1v) is 11.4. The van der Waals surface area contributed by atoms with Gasteiger partial charge in [-0.15, -0.1) is 0 Å². The summed E-state index contributed by atoms with van der Waals surface area (Å²) in [5.41, 5.74) is 3.21. The third kappa shape index (κ3) is 7.96. The maximum Gasteiger partial charge on any atom is 0.333 e. The fourth-order valence-corrected chi connectivity index (χ4v) is 3.38. The molecule has 32 heavy (non-hydrogen) atoms. The van der Waals surface area contributed by atoms with Crippen molar-refractivity contribution in [3.8, 4) is 11.3 Å². The summed E-state index contributed by atoms with van der Waals surface area (Å²) < 4.78 is 5.27. The van der Waals surface area contributed by atoms with Gasteiger partial charge in [0.25, 0.3) is 0 Å². The van der Waals surface area contributed by atoms with Crippen molar-refractivity contribution in [1.82, 2.24) is 10.3 Å². The average molecular weight is 442 g/mol. The van der Waals surface area contributed by atoms with Crippen molar-refractivity contribution >= 4 is 17.7 Å². The SMILES string of the molecule is CCCCCCCNC(=O)N(C)c1cccc(-c2ccc(C[C@H](OCC)C(=O)O)cn2)c1. The van der Waals surface area contributed by atoms with Crippen molar-refractivity contribution in [2.45, 2.75) is 58.5 Å². The van der Waals surface area contributed by atoms with E-state index in [0.29, 0.717) is 13.2 Å². The second kappa shape index (κ2) is 13.5. The molecule has 1 heterocycles. The van der Waals surface area contributed by atoms with E-state index in [1.165, 1.54) is 19.3 Å². The first kappa shape index (κ1) is 25.3. The second-order valence-electron chi connectivity index (χ2n) is 7.79. The summed E-state index contributed by atoms with van der Waals surface area (Å²) in [6.07, 6.45) is 6.83. The zero-order chi connectivity index (χ0) is 23.3. The Morgan fingerprint density at radius 2 is 1.91 bits per heavy atom. The summed E-state index contributed by atoms with van der Waals surface area (Å²) in [6.45, 7) is 4.98. The molecule has 0 spiro atoms. The highest BCUT2D eigenvalue weighted by molar-refractivity contribution is 5.92. The van der Waals surface area contributed by atoms with Gasteiger partial charge in [0.2, 0.25) is 0 Å². The summed E-state index contributed by atoms with van der Waals surface area (Å²) >= 11 is 0. The van der Waals surface area contributed by atoms with Crippen molar-refractivity contribution in [2.75, 3.05) is 25.1 Å². The third-order valence-corrected chi connectivity index (χ3v) is 5.28. The van der Waals surface area contributed by atoms with Crippen LogP contribution >= 0.6 is 0 Å². The molecule has 7 nitrogen and oxygen atoms in total. The van der Waals surface area contributed by atoms with E-state index in [1.807, 2.05) is 36.4 Å². The van der Waals surface area contributed by atoms with Crippen LogP contribution in [0.2, 0.25) is 0 Å². The van der Waals surface area contributed by atoms with Gasteiger partial charge in [-0.25, -0.2) is 9.59 Å². The van der Waals surface area contributed by atoms with Crippen LogP contribution in [0.5, 0.6) is 0 Å². The number of nitrogens with one attached hydrogen (secondary N) is 1. The normalized spacial score (nSPS) is 11.7. The van der Waals surface area contributed by atoms with Gasteiger partial charge >= 0.3 is 12.0 Å². The van der Waals surface area contributed by atoms with Crippen molar-refractivity contribution in [1.29, 1.82) is 0 Å². The van der Waals surface area contributed by atoms with Crippen molar-refractivity contribution in [3.63, 3.8) is 0 Å². The Kier molecular flexibility index (Phi) is 10.7. The van der Waals surface area contributed by atoms with Crippen LogP contribution in [-0.4, -0.2) is 48.4 Å². The molecule has 174 valence electrons. The molecule has 0 aliphatic heterocycles. The lowest BCUT2D eigenvalue weighted by atomic mass is 10.1. The van der Waals surface area contributed by atoms with Crippen LogP contribution in [-0.2, 0) is 16.0 Å². The Morgan fingerprint density at radius 1 is 1.12 bits per heavy atom. The lowest BCUT2D eigenvalue weighted by Crippen LogP contribution is -2.37. The minimum atomic E-state index is -0.981. The predicted molar refractivity (Wildman–Crippen MR) is 127 cm³/mol. The molecule has 2 aromatic rings. The molecular weight excluding hydrogens is 406 g/mol. The number of aromatic nitrogens is 1. The van der Waals surface area contributed by atoms with Crippen LogP contribution in [0.25, 0.3) is 11.3 Å². The summed E-state index contributed by atoms with van der Waals surface area (Å²) in [7, 11) is 1.75. The van der Waals surface area contributed by atoms with Gasteiger partial charge in [0.05, 0.1) is 5.69 Å². The summed E-state index contributed by atoms with van der Waals surface area (Å²) in [5.74, 6) is -0.981. The van der Waals surface area contributed by atoms with Gasteiger partial charge < -0.3 is 15.2 Å². The van der Waals surface area contributed by atoms with Crippen LogP contribution in [0.3, 0.4) is 0 Å². The topological polar surface area (TPSA) is 91.8 Å². The van der Waals surface area contributed by atoms with E-state index >= 15 is 0 Å². The fourth-order valence-electron chi connectivity index (χ4n) is 3.38. The van der Waals surface area contributed by atoms with E-state index in [-0.39, 0.29) is 12.5 Å². The Hall–Kier alpha value is -2.93. The number of benzene rings is 1. The van der Waals surface area contributed by atoms with Gasteiger partial charge in [-0.05, 0) is 37.1 Å². The number of rotatable bonds is 13. The number of carboxylic acid groups (broad SMARTS) is 1. The van der Waals surface area contributed by atoms with E-state index in [1.54, 1.807) is 25.1 Å². The maximum atomic E-state index is 12.5. The Morgan fingerprint density at radius 3 is 2.56 bits per heavy atom. The summed E-state index contributed by atoms with van der Waals surface area (Å²) in [4.78, 5) is 29.8. The zero-order valence-electron chi connectivity index (χ0n) is 19.3. The minimum Gasteiger partial charge on any atom is -0.479 e. The number of hydrogen-bond donors (Lipinski definition) is 2. The highest BCUT2D eigenvalue weighted by Crippen LogP contribution is 2.23. The number of carboxylic acids is 1. The lowest BCUT2D eigenvalue weighted by Gasteiger charge is -2.19. The molecule has 2 amide bonds. The van der Waals surface area contributed by atoms with Gasteiger partial charge in [0.1, 0.15) is 0 Å². The quantitative estimate of drug-likeness (QED) is 0.432. The Bertz CT molecular complexity index is 855. The van der Waals surface area contributed by atoms with Gasteiger partial charge in [0.15, 0.2) is 6.10 Å². The average Bonchev–Trinajstić information content (AvgIpc) is 2.81. The Labute approximate surface area is 190 Å². The largest absolute Gasteiger partial charge is 0.479 e. The monoisotopic (exact) mass is 441 g/mol.